The Morgan fingerprint density at radius 1 is 0.812 bits per heavy atom. The van der Waals surface area contributed by atoms with E-state index in [1.54, 1.807) is 18.5 Å². The van der Waals surface area contributed by atoms with Gasteiger partial charge >= 0.3 is 0 Å². The van der Waals surface area contributed by atoms with Crippen molar-refractivity contribution in [2.24, 2.45) is 0 Å². The van der Waals surface area contributed by atoms with E-state index in [-0.39, 0.29) is 0 Å². The number of aromatic nitrogens is 3. The Labute approximate surface area is 95.2 Å². The first kappa shape index (κ1) is 11.8. The Balaban J connectivity index is 0.000000181. The van der Waals surface area contributed by atoms with Crippen LogP contribution in [-0.2, 0) is 0 Å². The first-order chi connectivity index (χ1) is 7.88. The maximum absolute atomic E-state index is 3.69. The van der Waals surface area contributed by atoms with Crippen molar-refractivity contribution in [1.29, 1.82) is 0 Å². The Kier molecular flexibility index (Phi) is 5.20. The van der Waals surface area contributed by atoms with E-state index in [0.29, 0.717) is 0 Å². The van der Waals surface area contributed by atoms with E-state index >= 15 is 0 Å². The van der Waals surface area contributed by atoms with Gasteiger partial charge < -0.3 is 0 Å². The summed E-state index contributed by atoms with van der Waals surface area (Å²) in [6.45, 7) is 7.38. The van der Waals surface area contributed by atoms with Gasteiger partial charge in [-0.15, -0.1) is 10.2 Å². The minimum absolute atomic E-state index is 1.14. The summed E-state index contributed by atoms with van der Waals surface area (Å²) in [5.74, 6) is 0. The highest BCUT2D eigenvalue weighted by molar-refractivity contribution is 5.63. The van der Waals surface area contributed by atoms with Gasteiger partial charge in [-0.2, -0.15) is 0 Å². The van der Waals surface area contributed by atoms with Crippen molar-refractivity contribution in [3.63, 3.8) is 0 Å². The summed E-state index contributed by atoms with van der Waals surface area (Å²) in [5.41, 5.74) is 2.27. The number of benzene rings is 1. The lowest BCUT2D eigenvalue weighted by Crippen LogP contribution is -1.78. The van der Waals surface area contributed by atoms with Gasteiger partial charge in [-0.3, -0.25) is 0 Å². The Bertz CT molecular complexity index is 384. The van der Waals surface area contributed by atoms with Crippen LogP contribution in [0.1, 0.15) is 11.1 Å². The fourth-order valence-electron chi connectivity index (χ4n) is 1.09. The zero-order valence-electron chi connectivity index (χ0n) is 8.95. The monoisotopic (exact) mass is 211 g/mol. The zero-order valence-corrected chi connectivity index (χ0v) is 8.95. The van der Waals surface area contributed by atoms with Crippen LogP contribution in [0.2, 0.25) is 0 Å². The van der Waals surface area contributed by atoms with E-state index in [2.05, 4.69) is 28.6 Å². The maximum atomic E-state index is 3.69. The predicted molar refractivity (Wildman–Crippen MR) is 66.5 cm³/mol. The van der Waals surface area contributed by atoms with Gasteiger partial charge in [-0.05, 0) is 22.4 Å². The summed E-state index contributed by atoms with van der Waals surface area (Å²) in [6, 6.07) is 9.73. The minimum atomic E-state index is 1.14. The molecule has 0 aliphatic rings. The molecule has 0 aliphatic carbocycles. The molecule has 0 radical (unpaired) electrons. The van der Waals surface area contributed by atoms with Crippen LogP contribution in [0.5, 0.6) is 0 Å². The molecule has 0 amide bonds. The van der Waals surface area contributed by atoms with Gasteiger partial charge in [-0.1, -0.05) is 49.6 Å². The smallest absolute Gasteiger partial charge is 0.0529 e. The largest absolute Gasteiger partial charge is 0.139 e. The molecule has 0 N–H and O–H groups in total. The molecular weight excluding hydrogens is 198 g/mol. The van der Waals surface area contributed by atoms with Crippen molar-refractivity contribution >= 4 is 12.2 Å². The molecule has 0 unspecified atom stereocenters. The first-order valence-electron chi connectivity index (χ1n) is 4.80. The third kappa shape index (κ3) is 3.84. The fourth-order valence-corrected chi connectivity index (χ4v) is 1.09. The van der Waals surface area contributed by atoms with Crippen molar-refractivity contribution in [2.45, 2.75) is 0 Å². The highest BCUT2D eigenvalue weighted by Crippen LogP contribution is 2.10. The second-order valence-electron chi connectivity index (χ2n) is 2.85. The lowest BCUT2D eigenvalue weighted by atomic mass is 10.1. The van der Waals surface area contributed by atoms with Gasteiger partial charge in [-0.25, -0.2) is 0 Å². The van der Waals surface area contributed by atoms with Crippen LogP contribution < -0.4 is 0 Å². The zero-order chi connectivity index (χ0) is 11.6. The van der Waals surface area contributed by atoms with Crippen LogP contribution in [0.4, 0.5) is 0 Å². The second kappa shape index (κ2) is 7.06. The Hall–Kier alpha value is -2.29. The normalized spacial score (nSPS) is 8.50. The molecule has 1 aromatic carbocycles. The number of hydrogen-bond donors (Lipinski definition) is 0. The van der Waals surface area contributed by atoms with Crippen LogP contribution in [-0.4, -0.2) is 15.4 Å². The molecule has 1 aromatic heterocycles. The molecule has 0 atom stereocenters. The molecule has 0 saturated heterocycles. The molecular formula is C13H13N3. The fraction of sp³-hybridized carbons (Fsp3) is 0. The van der Waals surface area contributed by atoms with Crippen molar-refractivity contribution in [3.05, 3.63) is 67.0 Å². The average Bonchev–Trinajstić information content (AvgIpc) is 2.41. The highest BCUT2D eigenvalue weighted by atomic mass is 15.3. The molecule has 2 rings (SSSR count). The van der Waals surface area contributed by atoms with E-state index in [4.69, 9.17) is 0 Å². The van der Waals surface area contributed by atoms with Crippen LogP contribution in [0.25, 0.3) is 12.2 Å². The lowest BCUT2D eigenvalue weighted by Gasteiger charge is -1.96. The standard InChI is InChI=1S/C10H10.C3H3N3/c1-3-9-7-5-6-8-10(9)4-2;1-2-4-6-5-3-1/h3-8H,1-2H2;1-3H. The van der Waals surface area contributed by atoms with Crippen molar-refractivity contribution in [1.82, 2.24) is 15.4 Å². The highest BCUT2D eigenvalue weighted by Gasteiger charge is 1.89. The van der Waals surface area contributed by atoms with Crippen molar-refractivity contribution in [2.75, 3.05) is 0 Å². The molecule has 0 bridgehead atoms. The number of rotatable bonds is 2. The van der Waals surface area contributed by atoms with Gasteiger partial charge in [0.25, 0.3) is 0 Å². The van der Waals surface area contributed by atoms with Crippen molar-refractivity contribution in [3.8, 4) is 0 Å². The van der Waals surface area contributed by atoms with Crippen LogP contribution >= 0.6 is 0 Å². The lowest BCUT2D eigenvalue weighted by molar-refractivity contribution is 0.865. The average molecular weight is 211 g/mol. The maximum Gasteiger partial charge on any atom is 0.0529 e. The third-order valence-corrected chi connectivity index (χ3v) is 1.84. The summed E-state index contributed by atoms with van der Waals surface area (Å²) in [6.07, 6.45) is 6.81. The van der Waals surface area contributed by atoms with E-state index in [1.165, 1.54) is 0 Å². The van der Waals surface area contributed by atoms with Crippen LogP contribution in [0.15, 0.2) is 55.9 Å². The Morgan fingerprint density at radius 2 is 1.31 bits per heavy atom. The molecule has 0 aliphatic heterocycles. The van der Waals surface area contributed by atoms with Crippen molar-refractivity contribution < 1.29 is 0 Å². The first-order valence-corrected chi connectivity index (χ1v) is 4.80. The molecule has 3 heteroatoms. The molecule has 1 heterocycles. The second-order valence-corrected chi connectivity index (χ2v) is 2.85. The van der Waals surface area contributed by atoms with Gasteiger partial charge in [0.05, 0.1) is 12.4 Å². The van der Waals surface area contributed by atoms with Crippen LogP contribution in [0, 0.1) is 0 Å². The minimum Gasteiger partial charge on any atom is -0.139 e. The van der Waals surface area contributed by atoms with E-state index < -0.39 is 0 Å². The van der Waals surface area contributed by atoms with Gasteiger partial charge in [0.2, 0.25) is 0 Å². The number of nitrogens with zero attached hydrogens (tertiary/aromatic N) is 3. The summed E-state index contributed by atoms with van der Waals surface area (Å²) in [5, 5.41) is 10.1. The summed E-state index contributed by atoms with van der Waals surface area (Å²) in [7, 11) is 0. The molecule has 0 saturated carbocycles. The van der Waals surface area contributed by atoms with Crippen LogP contribution in [0.3, 0.4) is 0 Å². The van der Waals surface area contributed by atoms with E-state index in [1.807, 2.05) is 36.4 Å². The Morgan fingerprint density at radius 3 is 1.56 bits per heavy atom. The predicted octanol–water partition coefficient (Wildman–Crippen LogP) is 2.84. The summed E-state index contributed by atoms with van der Waals surface area (Å²) >= 11 is 0. The van der Waals surface area contributed by atoms with Gasteiger partial charge in [0.1, 0.15) is 0 Å². The third-order valence-electron chi connectivity index (χ3n) is 1.84. The number of hydrogen-bond acceptors (Lipinski definition) is 3. The van der Waals surface area contributed by atoms with E-state index in [0.717, 1.165) is 11.1 Å². The summed E-state index contributed by atoms with van der Waals surface area (Å²) < 4.78 is 0. The summed E-state index contributed by atoms with van der Waals surface area (Å²) in [4.78, 5) is 0. The molecule has 2 aromatic rings. The molecule has 16 heavy (non-hydrogen) atoms. The van der Waals surface area contributed by atoms with E-state index in [9.17, 15) is 0 Å². The molecule has 80 valence electrons. The van der Waals surface area contributed by atoms with Gasteiger partial charge in [0.15, 0.2) is 0 Å². The van der Waals surface area contributed by atoms with Gasteiger partial charge in [0, 0.05) is 0 Å². The quantitative estimate of drug-likeness (QED) is 0.766. The molecule has 0 spiro atoms. The molecule has 3 nitrogen and oxygen atoms in total. The SMILES string of the molecule is C=Cc1ccccc1C=C.c1cnnnc1. The topological polar surface area (TPSA) is 38.7 Å². The molecule has 0 fully saturated rings.